The molecule has 0 bridgehead atoms. The molecule has 0 aliphatic rings. The summed E-state index contributed by atoms with van der Waals surface area (Å²) in [5.74, 6) is 0.719. The van der Waals surface area contributed by atoms with Gasteiger partial charge in [0.15, 0.2) is 0 Å². The molecule has 9 nitrogen and oxygen atoms in total. The molecule has 0 aliphatic heterocycles. The first-order valence-electron chi connectivity index (χ1n) is 5.91. The quantitative estimate of drug-likeness (QED) is 0.798. The number of rotatable bonds is 3. The average molecular weight is 343 g/mol. The summed E-state index contributed by atoms with van der Waals surface area (Å²) in [6.07, 6.45) is 1.33. The normalized spacial score (nSPS) is 11.0. The minimum Gasteiger partial charge on any atom is -0.275 e. The number of anilines is 1. The van der Waals surface area contributed by atoms with Gasteiger partial charge in [0, 0.05) is 6.20 Å². The highest BCUT2D eigenvalue weighted by Crippen LogP contribution is 2.17. The third-order valence-electron chi connectivity index (χ3n) is 2.33. The first-order valence-corrected chi connectivity index (χ1v) is 7.77. The van der Waals surface area contributed by atoms with E-state index in [1.807, 2.05) is 0 Å². The summed E-state index contributed by atoms with van der Waals surface area (Å²) in [5.41, 5.74) is 0. The number of urea groups is 1. The topological polar surface area (TPSA) is 127 Å². The van der Waals surface area contributed by atoms with Crippen molar-refractivity contribution in [2.75, 3.05) is 5.32 Å². The van der Waals surface area contributed by atoms with E-state index in [1.54, 1.807) is 18.6 Å². The van der Waals surface area contributed by atoms with Gasteiger partial charge in [0.2, 0.25) is 5.95 Å². The van der Waals surface area contributed by atoms with Crippen LogP contribution in [-0.2, 0) is 10.0 Å². The lowest BCUT2D eigenvalue weighted by Gasteiger charge is -2.08. The second kappa shape index (κ2) is 6.20. The number of hydrogen-bond donors (Lipinski definition) is 2. The van der Waals surface area contributed by atoms with Crippen LogP contribution in [0.5, 0.6) is 0 Å². The smallest absolute Gasteiger partial charge is 0.275 e. The number of halogens is 1. The molecule has 0 saturated heterocycles. The maximum absolute atomic E-state index is 12.0. The lowest BCUT2D eigenvalue weighted by Crippen LogP contribution is -2.35. The molecule has 0 aromatic carbocycles. The molecule has 2 aromatic heterocycles. The van der Waals surface area contributed by atoms with Crippen molar-refractivity contribution in [3.8, 4) is 0 Å². The summed E-state index contributed by atoms with van der Waals surface area (Å²) in [4.78, 5) is 26.8. The summed E-state index contributed by atoms with van der Waals surface area (Å²) >= 11 is 5.70. The third-order valence-corrected chi connectivity index (χ3v) is 4.10. The average Bonchev–Trinajstić information content (AvgIpc) is 2.36. The van der Waals surface area contributed by atoms with E-state index in [0.717, 1.165) is 0 Å². The van der Waals surface area contributed by atoms with Gasteiger partial charge in [0.1, 0.15) is 21.7 Å². The largest absolute Gasteiger partial charge is 0.335 e. The van der Waals surface area contributed by atoms with E-state index < -0.39 is 16.1 Å². The molecule has 0 spiro atoms. The summed E-state index contributed by atoms with van der Waals surface area (Å²) in [6.45, 7) is 3.23. The molecular formula is C11H11ClN6O3S. The summed E-state index contributed by atoms with van der Waals surface area (Å²) in [5, 5.41) is 1.97. The predicted octanol–water partition coefficient (Wildman–Crippen LogP) is 1.05. The molecule has 0 unspecified atom stereocenters. The summed E-state index contributed by atoms with van der Waals surface area (Å²) in [7, 11) is -4.16. The Morgan fingerprint density at radius 1 is 1.18 bits per heavy atom. The minimum absolute atomic E-state index is 0.0602. The molecule has 2 heterocycles. The van der Waals surface area contributed by atoms with E-state index in [2.05, 4.69) is 25.3 Å². The lowest BCUT2D eigenvalue weighted by atomic mass is 10.5. The van der Waals surface area contributed by atoms with E-state index in [-0.39, 0.29) is 16.0 Å². The van der Waals surface area contributed by atoms with Crippen molar-refractivity contribution in [1.29, 1.82) is 0 Å². The van der Waals surface area contributed by atoms with E-state index in [9.17, 15) is 13.2 Å². The number of nitrogens with one attached hydrogen (secondary N) is 2. The van der Waals surface area contributed by atoms with Crippen LogP contribution in [0.4, 0.5) is 10.7 Å². The van der Waals surface area contributed by atoms with Crippen molar-refractivity contribution >= 4 is 33.6 Å². The zero-order chi connectivity index (χ0) is 16.3. The van der Waals surface area contributed by atoms with Gasteiger partial charge in [-0.2, -0.15) is 9.97 Å². The van der Waals surface area contributed by atoms with Crippen LogP contribution in [0.25, 0.3) is 0 Å². The molecule has 116 valence electrons. The van der Waals surface area contributed by atoms with Gasteiger partial charge >= 0.3 is 6.03 Å². The molecule has 2 amide bonds. The van der Waals surface area contributed by atoms with Gasteiger partial charge in [-0.15, -0.1) is 0 Å². The first kappa shape index (κ1) is 16.0. The molecule has 0 atom stereocenters. The molecule has 11 heteroatoms. The number of aryl methyl sites for hydroxylation is 2. The van der Waals surface area contributed by atoms with Crippen LogP contribution in [0.2, 0.25) is 5.15 Å². The van der Waals surface area contributed by atoms with Crippen LogP contribution in [0.15, 0.2) is 23.2 Å². The van der Waals surface area contributed by atoms with Gasteiger partial charge in [-0.25, -0.2) is 27.9 Å². The number of amides is 2. The number of sulfonamides is 1. The molecule has 0 fully saturated rings. The Morgan fingerprint density at radius 3 is 2.41 bits per heavy atom. The van der Waals surface area contributed by atoms with Crippen LogP contribution in [-0.4, -0.2) is 34.4 Å². The molecular weight excluding hydrogens is 332 g/mol. The molecule has 2 aromatic rings. The van der Waals surface area contributed by atoms with Crippen LogP contribution in [0, 0.1) is 13.8 Å². The highest BCUT2D eigenvalue weighted by atomic mass is 35.5. The Bertz CT molecular complexity index is 806. The van der Waals surface area contributed by atoms with E-state index >= 15 is 0 Å². The fraction of sp³-hybridized carbons (Fsp3) is 0.182. The molecule has 0 saturated carbocycles. The summed E-state index contributed by atoms with van der Waals surface area (Å²) in [6, 6.07) is 1.59. The van der Waals surface area contributed by atoms with E-state index in [4.69, 9.17) is 11.6 Å². The van der Waals surface area contributed by atoms with Crippen LogP contribution in [0.3, 0.4) is 0 Å². The fourth-order valence-corrected chi connectivity index (χ4v) is 2.91. The monoisotopic (exact) mass is 342 g/mol. The molecule has 2 rings (SSSR count). The standard InChI is InChI=1S/C11H11ClN6O3S/c1-6-14-7(2)16-10(15-6)17-11(19)18-22(20,21)8-4-3-5-13-9(8)12/h3-5H,1-2H3,(H2,14,15,16,17,18,19). The minimum atomic E-state index is -4.16. The number of nitrogens with zero attached hydrogens (tertiary/aromatic N) is 4. The molecule has 0 aliphatic carbocycles. The predicted molar refractivity (Wildman–Crippen MR) is 77.9 cm³/mol. The summed E-state index contributed by atoms with van der Waals surface area (Å²) < 4.78 is 25.9. The Labute approximate surface area is 131 Å². The van der Waals surface area contributed by atoms with Gasteiger partial charge in [-0.1, -0.05) is 11.6 Å². The number of carbonyl (C=O) groups excluding carboxylic acids is 1. The van der Waals surface area contributed by atoms with E-state index in [0.29, 0.717) is 11.6 Å². The van der Waals surface area contributed by atoms with Crippen LogP contribution < -0.4 is 10.0 Å². The van der Waals surface area contributed by atoms with Gasteiger partial charge in [-0.05, 0) is 26.0 Å². The molecule has 22 heavy (non-hydrogen) atoms. The Hall–Kier alpha value is -2.33. The Morgan fingerprint density at radius 2 is 1.82 bits per heavy atom. The van der Waals surface area contributed by atoms with Crippen LogP contribution in [0.1, 0.15) is 11.6 Å². The molecule has 2 N–H and O–H groups in total. The third kappa shape index (κ3) is 3.86. The lowest BCUT2D eigenvalue weighted by molar-refractivity contribution is 0.256. The van der Waals surface area contributed by atoms with Crippen LogP contribution >= 0.6 is 11.6 Å². The second-order valence-electron chi connectivity index (χ2n) is 4.11. The van der Waals surface area contributed by atoms with Crippen molar-refractivity contribution in [3.05, 3.63) is 35.1 Å². The fourth-order valence-electron chi connectivity index (χ4n) is 1.55. The zero-order valence-electron chi connectivity index (χ0n) is 11.5. The number of carbonyl (C=O) groups is 1. The second-order valence-corrected chi connectivity index (χ2v) is 6.11. The van der Waals surface area contributed by atoms with Crippen molar-refractivity contribution < 1.29 is 13.2 Å². The van der Waals surface area contributed by atoms with E-state index in [1.165, 1.54) is 18.3 Å². The number of hydrogen-bond acceptors (Lipinski definition) is 7. The number of pyridine rings is 1. The number of aromatic nitrogens is 4. The highest BCUT2D eigenvalue weighted by Gasteiger charge is 2.21. The maximum Gasteiger partial charge on any atom is 0.335 e. The van der Waals surface area contributed by atoms with Crippen molar-refractivity contribution in [2.24, 2.45) is 0 Å². The highest BCUT2D eigenvalue weighted by molar-refractivity contribution is 7.90. The van der Waals surface area contributed by atoms with Gasteiger partial charge in [0.05, 0.1) is 0 Å². The van der Waals surface area contributed by atoms with Gasteiger partial charge < -0.3 is 0 Å². The first-order chi connectivity index (χ1) is 10.3. The van der Waals surface area contributed by atoms with Gasteiger partial charge in [0.25, 0.3) is 10.0 Å². The van der Waals surface area contributed by atoms with Crippen molar-refractivity contribution in [1.82, 2.24) is 24.7 Å². The van der Waals surface area contributed by atoms with Gasteiger partial charge in [-0.3, -0.25) is 5.32 Å². The Kier molecular flexibility index (Phi) is 4.52. The maximum atomic E-state index is 12.0. The SMILES string of the molecule is Cc1nc(C)nc(NC(=O)NS(=O)(=O)c2cccnc2Cl)n1. The Balaban J connectivity index is 2.16. The zero-order valence-corrected chi connectivity index (χ0v) is 13.1. The van der Waals surface area contributed by atoms with Crippen molar-refractivity contribution in [3.63, 3.8) is 0 Å². The molecule has 0 radical (unpaired) electrons. The van der Waals surface area contributed by atoms with Crippen molar-refractivity contribution in [2.45, 2.75) is 18.7 Å².